The molecule has 0 bridgehead atoms. The van der Waals surface area contributed by atoms with Crippen molar-refractivity contribution >= 4 is 17.2 Å². The average Bonchev–Trinajstić information content (AvgIpc) is 2.58. The summed E-state index contributed by atoms with van der Waals surface area (Å²) >= 11 is 4.93. The molecule has 0 radical (unpaired) electrons. The zero-order valence-corrected chi connectivity index (χ0v) is 9.56. The van der Waals surface area contributed by atoms with Crippen molar-refractivity contribution in [1.82, 2.24) is 4.90 Å². The highest BCUT2D eigenvalue weighted by Crippen LogP contribution is 2.35. The van der Waals surface area contributed by atoms with Crippen molar-refractivity contribution in [3.63, 3.8) is 0 Å². The van der Waals surface area contributed by atoms with E-state index >= 15 is 0 Å². The van der Waals surface area contributed by atoms with E-state index in [1.165, 1.54) is 38.6 Å². The van der Waals surface area contributed by atoms with Crippen LogP contribution < -0.4 is 5.73 Å². The predicted molar refractivity (Wildman–Crippen MR) is 63.3 cm³/mol. The minimum absolute atomic E-state index is 0.671. The highest BCUT2D eigenvalue weighted by molar-refractivity contribution is 7.80. The minimum Gasteiger partial charge on any atom is -0.393 e. The molecule has 2 fully saturated rings. The van der Waals surface area contributed by atoms with Crippen molar-refractivity contribution in [1.29, 1.82) is 0 Å². The molecule has 1 aliphatic carbocycles. The lowest BCUT2D eigenvalue weighted by molar-refractivity contribution is 0.187. The Kier molecular flexibility index (Phi) is 3.39. The molecular formula is C11H20N2S. The first-order valence-electron chi connectivity index (χ1n) is 5.80. The summed E-state index contributed by atoms with van der Waals surface area (Å²) in [4.78, 5) is 3.28. The molecule has 2 nitrogen and oxygen atoms in total. The van der Waals surface area contributed by atoms with Crippen LogP contribution in [0, 0.1) is 5.92 Å². The fourth-order valence-electron chi connectivity index (χ4n) is 3.03. The molecule has 2 atom stereocenters. The van der Waals surface area contributed by atoms with Crippen LogP contribution in [0.5, 0.6) is 0 Å². The van der Waals surface area contributed by atoms with E-state index in [0.29, 0.717) is 4.99 Å². The van der Waals surface area contributed by atoms with Crippen molar-refractivity contribution in [2.24, 2.45) is 11.7 Å². The van der Waals surface area contributed by atoms with Crippen LogP contribution in [-0.4, -0.2) is 29.0 Å². The second kappa shape index (κ2) is 4.58. The Morgan fingerprint density at radius 1 is 1.29 bits per heavy atom. The third-order valence-corrected chi connectivity index (χ3v) is 3.97. The number of likely N-dealkylation sites (tertiary alicyclic amines) is 1. The summed E-state index contributed by atoms with van der Waals surface area (Å²) in [7, 11) is 0. The maximum atomic E-state index is 5.54. The summed E-state index contributed by atoms with van der Waals surface area (Å²) in [6.45, 7) is 2.37. The number of hydrogen-bond acceptors (Lipinski definition) is 2. The molecule has 1 heterocycles. The van der Waals surface area contributed by atoms with Gasteiger partial charge in [-0.2, -0.15) is 0 Å². The lowest BCUT2D eigenvalue weighted by atomic mass is 9.85. The Hall–Kier alpha value is -0.150. The van der Waals surface area contributed by atoms with Crippen molar-refractivity contribution < 1.29 is 0 Å². The smallest absolute Gasteiger partial charge is 0.0740 e. The Bertz CT molecular complexity index is 217. The van der Waals surface area contributed by atoms with Crippen LogP contribution in [0.4, 0.5) is 0 Å². The third kappa shape index (κ3) is 2.26. The largest absolute Gasteiger partial charge is 0.393 e. The van der Waals surface area contributed by atoms with Crippen LogP contribution in [0.1, 0.15) is 38.5 Å². The van der Waals surface area contributed by atoms with Gasteiger partial charge in [0.15, 0.2) is 0 Å². The van der Waals surface area contributed by atoms with Crippen LogP contribution in [0.3, 0.4) is 0 Å². The quantitative estimate of drug-likeness (QED) is 0.725. The molecule has 2 rings (SSSR count). The summed E-state index contributed by atoms with van der Waals surface area (Å²) in [5.74, 6) is 0.982. The fraction of sp³-hybridized carbons (Fsp3) is 0.909. The Labute approximate surface area is 91.8 Å². The van der Waals surface area contributed by atoms with Gasteiger partial charge in [0.1, 0.15) is 0 Å². The normalized spacial score (nSPS) is 32.9. The maximum Gasteiger partial charge on any atom is 0.0740 e. The van der Waals surface area contributed by atoms with E-state index in [2.05, 4.69) is 4.90 Å². The first-order chi connectivity index (χ1) is 6.77. The van der Waals surface area contributed by atoms with Gasteiger partial charge in [-0.3, -0.25) is 4.90 Å². The monoisotopic (exact) mass is 212 g/mol. The molecule has 0 amide bonds. The van der Waals surface area contributed by atoms with E-state index in [9.17, 15) is 0 Å². The van der Waals surface area contributed by atoms with Crippen LogP contribution in [0.15, 0.2) is 0 Å². The molecule has 80 valence electrons. The van der Waals surface area contributed by atoms with Crippen LogP contribution >= 0.6 is 12.2 Å². The molecule has 1 saturated carbocycles. The lowest BCUT2D eigenvalue weighted by Crippen LogP contribution is -2.36. The van der Waals surface area contributed by atoms with Crippen molar-refractivity contribution in [2.75, 3.05) is 13.1 Å². The SMILES string of the molecule is NC(=S)CCN1CCC2CCCCC21. The Morgan fingerprint density at radius 2 is 2.07 bits per heavy atom. The predicted octanol–water partition coefficient (Wildman–Crippen LogP) is 1.93. The topological polar surface area (TPSA) is 29.3 Å². The molecular weight excluding hydrogens is 192 g/mol. The van der Waals surface area contributed by atoms with Gasteiger partial charge in [-0.05, 0) is 31.7 Å². The molecule has 0 aromatic heterocycles. The summed E-state index contributed by atoms with van der Waals surface area (Å²) in [5, 5.41) is 0. The van der Waals surface area contributed by atoms with Gasteiger partial charge in [0.2, 0.25) is 0 Å². The van der Waals surface area contributed by atoms with Crippen LogP contribution in [0.2, 0.25) is 0 Å². The number of rotatable bonds is 3. The molecule has 0 aromatic carbocycles. The molecule has 0 spiro atoms. The van der Waals surface area contributed by atoms with Gasteiger partial charge in [0.05, 0.1) is 4.99 Å². The number of nitrogens with two attached hydrogens (primary N) is 1. The van der Waals surface area contributed by atoms with Crippen molar-refractivity contribution in [2.45, 2.75) is 44.6 Å². The van der Waals surface area contributed by atoms with Gasteiger partial charge in [0, 0.05) is 19.0 Å². The summed E-state index contributed by atoms with van der Waals surface area (Å²) in [5.41, 5.74) is 5.54. The van der Waals surface area contributed by atoms with Crippen molar-refractivity contribution in [3.05, 3.63) is 0 Å². The first-order valence-corrected chi connectivity index (χ1v) is 6.20. The lowest BCUT2D eigenvalue weighted by Gasteiger charge is -2.31. The Balaban J connectivity index is 1.84. The molecule has 1 saturated heterocycles. The van der Waals surface area contributed by atoms with E-state index < -0.39 is 0 Å². The van der Waals surface area contributed by atoms with Crippen LogP contribution in [-0.2, 0) is 0 Å². The molecule has 3 heteroatoms. The molecule has 2 aliphatic rings. The van der Waals surface area contributed by atoms with E-state index in [1.54, 1.807) is 0 Å². The first kappa shape index (κ1) is 10.4. The highest BCUT2D eigenvalue weighted by Gasteiger charge is 2.34. The second-order valence-corrected chi connectivity index (χ2v) is 5.18. The van der Waals surface area contributed by atoms with Crippen LogP contribution in [0.25, 0.3) is 0 Å². The zero-order chi connectivity index (χ0) is 9.97. The van der Waals surface area contributed by atoms with E-state index in [1.807, 2.05) is 0 Å². The fourth-order valence-corrected chi connectivity index (χ4v) is 3.13. The minimum atomic E-state index is 0.671. The number of hydrogen-bond donors (Lipinski definition) is 1. The van der Waals surface area contributed by atoms with Gasteiger partial charge in [0.25, 0.3) is 0 Å². The highest BCUT2D eigenvalue weighted by atomic mass is 32.1. The molecule has 1 aliphatic heterocycles. The summed E-state index contributed by atoms with van der Waals surface area (Å²) < 4.78 is 0. The third-order valence-electron chi connectivity index (χ3n) is 3.77. The Morgan fingerprint density at radius 3 is 2.86 bits per heavy atom. The second-order valence-electron chi connectivity index (χ2n) is 4.65. The van der Waals surface area contributed by atoms with E-state index in [0.717, 1.165) is 24.9 Å². The van der Waals surface area contributed by atoms with Gasteiger partial charge >= 0.3 is 0 Å². The van der Waals surface area contributed by atoms with Gasteiger partial charge < -0.3 is 5.73 Å². The van der Waals surface area contributed by atoms with Gasteiger partial charge in [-0.15, -0.1) is 0 Å². The molecule has 2 unspecified atom stereocenters. The van der Waals surface area contributed by atoms with Gasteiger partial charge in [-0.1, -0.05) is 25.1 Å². The van der Waals surface area contributed by atoms with E-state index in [-0.39, 0.29) is 0 Å². The molecule has 14 heavy (non-hydrogen) atoms. The number of thiocarbonyl (C=S) groups is 1. The number of nitrogens with zero attached hydrogens (tertiary/aromatic N) is 1. The van der Waals surface area contributed by atoms with Gasteiger partial charge in [-0.25, -0.2) is 0 Å². The molecule has 2 N–H and O–H groups in total. The number of fused-ring (bicyclic) bond motifs is 1. The average molecular weight is 212 g/mol. The van der Waals surface area contributed by atoms with E-state index in [4.69, 9.17) is 18.0 Å². The standard InChI is InChI=1S/C11H20N2S/c12-11(14)6-8-13-7-5-9-3-1-2-4-10(9)13/h9-10H,1-8H2,(H2,12,14). The summed E-state index contributed by atoms with van der Waals surface area (Å²) in [6, 6.07) is 0.859. The van der Waals surface area contributed by atoms with Crippen molar-refractivity contribution in [3.8, 4) is 0 Å². The maximum absolute atomic E-state index is 5.54. The summed E-state index contributed by atoms with van der Waals surface area (Å²) in [6.07, 6.45) is 8.03. The molecule has 0 aromatic rings. The zero-order valence-electron chi connectivity index (χ0n) is 8.74.